The summed E-state index contributed by atoms with van der Waals surface area (Å²) < 4.78 is 53.2. The van der Waals surface area contributed by atoms with Crippen molar-refractivity contribution < 1.29 is 17.6 Å². The third-order valence-electron chi connectivity index (χ3n) is 2.67. The predicted octanol–water partition coefficient (Wildman–Crippen LogP) is 7.17. The van der Waals surface area contributed by atoms with Gasteiger partial charge in [0.15, 0.2) is 0 Å². The third-order valence-corrected chi connectivity index (χ3v) is 4.95. The summed E-state index contributed by atoms with van der Waals surface area (Å²) in [7, 11) is 0. The van der Waals surface area contributed by atoms with E-state index in [9.17, 15) is 17.6 Å². The van der Waals surface area contributed by atoms with Crippen LogP contribution in [-0.2, 0) is 6.18 Å². The van der Waals surface area contributed by atoms with E-state index in [1.807, 2.05) is 0 Å². The molecular formula is C12H2Cl5F4N. The largest absolute Gasteiger partial charge is 0.417 e. The van der Waals surface area contributed by atoms with Crippen molar-refractivity contribution in [1.29, 1.82) is 0 Å². The molecule has 0 saturated heterocycles. The molecule has 0 fully saturated rings. The molecule has 1 heterocycles. The van der Waals surface area contributed by atoms with Crippen molar-refractivity contribution in [3.05, 3.63) is 48.9 Å². The zero-order chi connectivity index (χ0) is 16.8. The quantitative estimate of drug-likeness (QED) is 0.209. The highest BCUT2D eigenvalue weighted by Gasteiger charge is 2.37. The number of halogens is 9. The van der Waals surface area contributed by atoms with Crippen LogP contribution in [0.4, 0.5) is 17.6 Å². The van der Waals surface area contributed by atoms with Gasteiger partial charge in [0.1, 0.15) is 0 Å². The Morgan fingerprint density at radius 3 is 1.68 bits per heavy atom. The van der Waals surface area contributed by atoms with E-state index >= 15 is 0 Å². The van der Waals surface area contributed by atoms with Gasteiger partial charge in [-0.3, -0.25) is 0 Å². The van der Waals surface area contributed by atoms with Crippen LogP contribution >= 0.6 is 58.0 Å². The van der Waals surface area contributed by atoms with Gasteiger partial charge in [-0.2, -0.15) is 17.6 Å². The minimum Gasteiger partial charge on any atom is -0.228 e. The molecule has 0 bridgehead atoms. The molecule has 0 N–H and O–H groups in total. The molecule has 0 spiro atoms. The second-order valence-electron chi connectivity index (χ2n) is 3.97. The molecule has 0 saturated carbocycles. The van der Waals surface area contributed by atoms with Crippen LogP contribution in [0.15, 0.2) is 12.3 Å². The number of pyridine rings is 1. The number of hydrogen-bond acceptors (Lipinski definition) is 1. The van der Waals surface area contributed by atoms with Crippen LogP contribution in [0.1, 0.15) is 5.56 Å². The maximum Gasteiger partial charge on any atom is 0.417 e. The Labute approximate surface area is 146 Å². The van der Waals surface area contributed by atoms with E-state index in [0.29, 0.717) is 12.3 Å². The van der Waals surface area contributed by atoms with Crippen molar-refractivity contribution in [1.82, 2.24) is 4.98 Å². The Kier molecular flexibility index (Phi) is 5.05. The van der Waals surface area contributed by atoms with Crippen LogP contribution in [0, 0.1) is 5.95 Å². The lowest BCUT2D eigenvalue weighted by Gasteiger charge is -2.17. The number of hydrogen-bond donors (Lipinski definition) is 0. The Hall–Kier alpha value is -0.460. The first-order valence-corrected chi connectivity index (χ1v) is 7.19. The topological polar surface area (TPSA) is 12.9 Å². The van der Waals surface area contributed by atoms with Crippen LogP contribution < -0.4 is 0 Å². The van der Waals surface area contributed by atoms with Gasteiger partial charge in [-0.05, 0) is 6.07 Å². The molecule has 0 atom stereocenters. The summed E-state index contributed by atoms with van der Waals surface area (Å²) in [6.45, 7) is 0. The van der Waals surface area contributed by atoms with Crippen LogP contribution in [0.25, 0.3) is 11.1 Å². The summed E-state index contributed by atoms with van der Waals surface area (Å²) in [5.41, 5.74) is -2.80. The fourth-order valence-corrected chi connectivity index (χ4v) is 3.06. The zero-order valence-corrected chi connectivity index (χ0v) is 13.8. The van der Waals surface area contributed by atoms with Gasteiger partial charge in [0.2, 0.25) is 5.95 Å². The molecule has 1 nitrogen and oxygen atoms in total. The Morgan fingerprint density at radius 1 is 0.773 bits per heavy atom. The minimum atomic E-state index is -4.87. The molecular weight excluding hydrogens is 411 g/mol. The minimum absolute atomic E-state index is 0.250. The molecule has 0 radical (unpaired) electrons. The van der Waals surface area contributed by atoms with Crippen LogP contribution in [0.5, 0.6) is 0 Å². The molecule has 0 aliphatic carbocycles. The molecule has 10 heteroatoms. The fourth-order valence-electron chi connectivity index (χ4n) is 1.73. The van der Waals surface area contributed by atoms with Crippen molar-refractivity contribution >= 4 is 58.0 Å². The summed E-state index contributed by atoms with van der Waals surface area (Å²) in [5.74, 6) is -1.42. The molecule has 1 aromatic carbocycles. The summed E-state index contributed by atoms with van der Waals surface area (Å²) >= 11 is 29.1. The van der Waals surface area contributed by atoms with Gasteiger partial charge < -0.3 is 0 Å². The zero-order valence-electron chi connectivity index (χ0n) is 10.0. The first kappa shape index (κ1) is 17.9. The van der Waals surface area contributed by atoms with E-state index in [1.165, 1.54) is 0 Å². The third kappa shape index (κ3) is 2.97. The van der Waals surface area contributed by atoms with Crippen molar-refractivity contribution in [3.8, 4) is 11.1 Å². The lowest BCUT2D eigenvalue weighted by molar-refractivity contribution is -0.137. The van der Waals surface area contributed by atoms with E-state index in [1.54, 1.807) is 0 Å². The van der Waals surface area contributed by atoms with E-state index in [-0.39, 0.29) is 15.1 Å². The lowest BCUT2D eigenvalue weighted by atomic mass is 10.0. The summed E-state index contributed by atoms with van der Waals surface area (Å²) in [6.07, 6.45) is -4.20. The average molecular weight is 413 g/mol. The van der Waals surface area contributed by atoms with Crippen LogP contribution in [0.2, 0.25) is 25.1 Å². The number of aromatic nitrogens is 1. The highest BCUT2D eigenvalue weighted by Crippen LogP contribution is 2.50. The van der Waals surface area contributed by atoms with Gasteiger partial charge in [-0.1, -0.05) is 58.0 Å². The van der Waals surface area contributed by atoms with Crippen LogP contribution in [0.3, 0.4) is 0 Å². The normalized spacial score (nSPS) is 11.9. The molecule has 0 amide bonds. The molecule has 1 aromatic heterocycles. The van der Waals surface area contributed by atoms with Gasteiger partial charge >= 0.3 is 6.18 Å². The number of alkyl halides is 3. The lowest BCUT2D eigenvalue weighted by Crippen LogP contribution is -2.10. The van der Waals surface area contributed by atoms with Crippen molar-refractivity contribution in [2.45, 2.75) is 6.18 Å². The summed E-state index contributed by atoms with van der Waals surface area (Å²) in [5, 5.41) is -1.86. The molecule has 0 aliphatic heterocycles. The van der Waals surface area contributed by atoms with Crippen LogP contribution in [-0.4, -0.2) is 4.98 Å². The van der Waals surface area contributed by atoms with Crippen molar-refractivity contribution in [2.24, 2.45) is 0 Å². The van der Waals surface area contributed by atoms with Gasteiger partial charge in [-0.15, -0.1) is 0 Å². The molecule has 2 aromatic rings. The first-order chi connectivity index (χ1) is 10.1. The standard InChI is InChI=1S/C12H2Cl5F4N/c13-6-5(7(14)9(16)10(17)8(6)15)4-3(12(19,20)21)1-2-22-11(4)18/h1-2H. The van der Waals surface area contributed by atoms with E-state index in [2.05, 4.69) is 4.98 Å². The monoisotopic (exact) mass is 411 g/mol. The van der Waals surface area contributed by atoms with Crippen molar-refractivity contribution in [3.63, 3.8) is 0 Å². The Balaban J connectivity index is 2.96. The maximum atomic E-state index is 13.9. The number of nitrogens with zero attached hydrogens (tertiary/aromatic N) is 1. The fraction of sp³-hybridized carbons (Fsp3) is 0.0833. The molecule has 118 valence electrons. The maximum absolute atomic E-state index is 13.9. The van der Waals surface area contributed by atoms with E-state index in [4.69, 9.17) is 58.0 Å². The molecule has 22 heavy (non-hydrogen) atoms. The average Bonchev–Trinajstić information content (AvgIpc) is 2.43. The summed E-state index contributed by atoms with van der Waals surface area (Å²) in [6, 6.07) is 0.585. The van der Waals surface area contributed by atoms with E-state index < -0.39 is 38.9 Å². The highest BCUT2D eigenvalue weighted by atomic mass is 35.5. The highest BCUT2D eigenvalue weighted by molar-refractivity contribution is 6.56. The number of rotatable bonds is 1. The Morgan fingerprint density at radius 2 is 1.23 bits per heavy atom. The Bertz CT molecular complexity index is 731. The second kappa shape index (κ2) is 6.21. The van der Waals surface area contributed by atoms with E-state index in [0.717, 1.165) is 0 Å². The van der Waals surface area contributed by atoms with Gasteiger partial charge in [0, 0.05) is 11.8 Å². The smallest absolute Gasteiger partial charge is 0.228 e. The molecule has 2 rings (SSSR count). The van der Waals surface area contributed by atoms with Gasteiger partial charge in [-0.25, -0.2) is 4.98 Å². The van der Waals surface area contributed by atoms with Gasteiger partial charge in [0.05, 0.1) is 36.2 Å². The van der Waals surface area contributed by atoms with Gasteiger partial charge in [0.25, 0.3) is 0 Å². The molecule has 0 unspecified atom stereocenters. The number of benzene rings is 1. The molecule has 0 aliphatic rings. The first-order valence-electron chi connectivity index (χ1n) is 5.30. The summed E-state index contributed by atoms with van der Waals surface area (Å²) in [4.78, 5) is 3.19. The second-order valence-corrected chi connectivity index (χ2v) is 5.86. The predicted molar refractivity (Wildman–Crippen MR) is 79.7 cm³/mol. The SMILES string of the molecule is Fc1nccc(C(F)(F)F)c1-c1c(Cl)c(Cl)c(Cl)c(Cl)c1Cl. The van der Waals surface area contributed by atoms with Crippen molar-refractivity contribution in [2.75, 3.05) is 0 Å².